The molecule has 0 radical (unpaired) electrons. The van der Waals surface area contributed by atoms with E-state index in [1.165, 1.54) is 24.3 Å². The molecule has 1 heterocycles. The minimum atomic E-state index is -3.84. The maximum atomic E-state index is 12.6. The first-order chi connectivity index (χ1) is 12.5. The van der Waals surface area contributed by atoms with Crippen LogP contribution in [-0.4, -0.2) is 20.9 Å². The van der Waals surface area contributed by atoms with Crippen LogP contribution in [0.4, 0.5) is 5.69 Å². The van der Waals surface area contributed by atoms with Gasteiger partial charge in [0, 0.05) is 21.9 Å². The summed E-state index contributed by atoms with van der Waals surface area (Å²) >= 11 is 7.01. The molecule has 144 valence electrons. The van der Waals surface area contributed by atoms with E-state index in [1.807, 2.05) is 26.8 Å². The lowest BCUT2D eigenvalue weighted by molar-refractivity contribution is -0.128. The first kappa shape index (κ1) is 21.2. The molecule has 0 fully saturated rings. The van der Waals surface area contributed by atoms with E-state index in [9.17, 15) is 13.2 Å². The lowest BCUT2D eigenvalue weighted by atomic mass is 9.96. The highest BCUT2D eigenvalue weighted by molar-refractivity contribution is 7.94. The average Bonchev–Trinajstić information content (AvgIpc) is 3.03. The predicted octanol–water partition coefficient (Wildman–Crippen LogP) is 3.78. The van der Waals surface area contributed by atoms with Crippen molar-refractivity contribution >= 4 is 44.6 Å². The van der Waals surface area contributed by atoms with Crippen molar-refractivity contribution < 1.29 is 13.2 Å². The van der Waals surface area contributed by atoms with Gasteiger partial charge in [-0.3, -0.25) is 9.52 Å². The smallest absolute Gasteiger partial charge is 0.271 e. The first-order valence-electron chi connectivity index (χ1n) is 8.12. The zero-order chi connectivity index (χ0) is 20.2. The third kappa shape index (κ3) is 5.70. The van der Waals surface area contributed by atoms with E-state index in [0.717, 1.165) is 16.2 Å². The maximum Gasteiger partial charge on any atom is 0.271 e. The highest BCUT2D eigenvalue weighted by Gasteiger charge is 2.21. The van der Waals surface area contributed by atoms with Crippen molar-refractivity contribution in [3.8, 4) is 6.07 Å². The number of halogens is 1. The highest BCUT2D eigenvalue weighted by atomic mass is 35.5. The second-order valence-corrected chi connectivity index (χ2v) is 10.4. The molecule has 1 amide bonds. The molecule has 0 aliphatic carbocycles. The molecule has 0 aliphatic rings. The van der Waals surface area contributed by atoms with Crippen LogP contribution in [0.15, 0.2) is 34.5 Å². The van der Waals surface area contributed by atoms with Crippen LogP contribution in [0.5, 0.6) is 0 Å². The van der Waals surface area contributed by atoms with E-state index in [-0.39, 0.29) is 21.4 Å². The highest BCUT2D eigenvalue weighted by Crippen LogP contribution is 2.27. The van der Waals surface area contributed by atoms with Crippen molar-refractivity contribution in [3.63, 3.8) is 0 Å². The Hall–Kier alpha value is -2.08. The van der Waals surface area contributed by atoms with Gasteiger partial charge in [-0.15, -0.1) is 11.3 Å². The van der Waals surface area contributed by atoms with E-state index in [0.29, 0.717) is 18.0 Å². The van der Waals surface area contributed by atoms with Gasteiger partial charge in [-0.05, 0) is 36.8 Å². The number of amides is 1. The monoisotopic (exact) mass is 425 g/mol. The van der Waals surface area contributed by atoms with Crippen molar-refractivity contribution in [2.45, 2.75) is 31.4 Å². The summed E-state index contributed by atoms with van der Waals surface area (Å²) in [4.78, 5) is 12.7. The zero-order valence-corrected chi connectivity index (χ0v) is 17.6. The average molecular weight is 426 g/mol. The van der Waals surface area contributed by atoms with Crippen molar-refractivity contribution in [2.75, 3.05) is 11.3 Å². The molecule has 0 saturated heterocycles. The summed E-state index contributed by atoms with van der Waals surface area (Å²) in [6, 6.07) is 9.52. The molecule has 0 atom stereocenters. The number of hydrogen-bond donors (Lipinski definition) is 2. The topological polar surface area (TPSA) is 99.1 Å². The first-order valence-corrected chi connectivity index (χ1v) is 10.8. The molecule has 2 N–H and O–H groups in total. The molecule has 0 spiro atoms. The van der Waals surface area contributed by atoms with Crippen LogP contribution in [-0.2, 0) is 21.2 Å². The number of nitriles is 1. The Labute approximate surface area is 168 Å². The van der Waals surface area contributed by atoms with Gasteiger partial charge in [0.2, 0.25) is 5.91 Å². The number of sulfonamides is 1. The number of nitrogens with zero attached hydrogens (tertiary/aromatic N) is 1. The quantitative estimate of drug-likeness (QED) is 0.735. The summed E-state index contributed by atoms with van der Waals surface area (Å²) in [5, 5.41) is 12.3. The molecule has 1 aromatic heterocycles. The van der Waals surface area contributed by atoms with E-state index >= 15 is 0 Å². The number of benzene rings is 1. The van der Waals surface area contributed by atoms with Gasteiger partial charge in [0.15, 0.2) is 0 Å². The van der Waals surface area contributed by atoms with Gasteiger partial charge in [0.05, 0.1) is 11.3 Å². The number of hydrogen-bond acceptors (Lipinski definition) is 5. The molecular formula is C18H20ClN3O3S2. The minimum Gasteiger partial charge on any atom is -0.355 e. The fraction of sp³-hybridized carbons (Fsp3) is 0.333. The SMILES string of the molecule is CC(C)(C)C(=O)NCCc1ccc(S(=O)(=O)Nc2cc(Cl)ccc2C#N)s1. The zero-order valence-electron chi connectivity index (χ0n) is 15.2. The Morgan fingerprint density at radius 1 is 1.26 bits per heavy atom. The van der Waals surface area contributed by atoms with Crippen molar-refractivity contribution in [3.05, 3.63) is 45.8 Å². The van der Waals surface area contributed by atoms with Crippen LogP contribution < -0.4 is 10.0 Å². The van der Waals surface area contributed by atoms with Crippen molar-refractivity contribution in [1.82, 2.24) is 5.32 Å². The lowest BCUT2D eigenvalue weighted by Crippen LogP contribution is -2.35. The van der Waals surface area contributed by atoms with E-state index in [1.54, 1.807) is 6.07 Å². The summed E-state index contributed by atoms with van der Waals surface area (Å²) < 4.78 is 27.7. The Morgan fingerprint density at radius 2 is 1.96 bits per heavy atom. The Morgan fingerprint density at radius 3 is 2.59 bits per heavy atom. The molecule has 0 aliphatic heterocycles. The maximum absolute atomic E-state index is 12.6. The molecule has 27 heavy (non-hydrogen) atoms. The normalized spacial score (nSPS) is 11.7. The van der Waals surface area contributed by atoms with Gasteiger partial charge in [-0.1, -0.05) is 32.4 Å². The molecule has 2 rings (SSSR count). The summed E-state index contributed by atoms with van der Waals surface area (Å²) in [6.45, 7) is 5.91. The minimum absolute atomic E-state index is 0.0569. The Kier molecular flexibility index (Phi) is 6.52. The fourth-order valence-corrected chi connectivity index (χ4v) is 4.69. The van der Waals surface area contributed by atoms with E-state index in [2.05, 4.69) is 10.0 Å². The molecule has 6 nitrogen and oxygen atoms in total. The molecule has 0 saturated carbocycles. The summed E-state index contributed by atoms with van der Waals surface area (Å²) in [7, 11) is -3.84. The van der Waals surface area contributed by atoms with E-state index < -0.39 is 15.4 Å². The summed E-state index contributed by atoms with van der Waals surface area (Å²) in [5.74, 6) is -0.0569. The summed E-state index contributed by atoms with van der Waals surface area (Å²) in [5.41, 5.74) is -0.148. The number of thiophene rings is 1. The summed E-state index contributed by atoms with van der Waals surface area (Å²) in [6.07, 6.45) is 0.530. The van der Waals surface area contributed by atoms with Crippen LogP contribution in [0, 0.1) is 16.7 Å². The van der Waals surface area contributed by atoms with Gasteiger partial charge < -0.3 is 5.32 Å². The van der Waals surface area contributed by atoms with Crippen LogP contribution in [0.2, 0.25) is 5.02 Å². The molecule has 2 aromatic rings. The third-order valence-corrected chi connectivity index (χ3v) is 6.82. The lowest BCUT2D eigenvalue weighted by Gasteiger charge is -2.17. The van der Waals surface area contributed by atoms with Crippen molar-refractivity contribution in [1.29, 1.82) is 5.26 Å². The van der Waals surface area contributed by atoms with Gasteiger partial charge in [-0.2, -0.15) is 5.26 Å². The number of carbonyl (C=O) groups excluding carboxylic acids is 1. The fourth-order valence-electron chi connectivity index (χ4n) is 2.09. The molecule has 1 aromatic carbocycles. The third-order valence-electron chi connectivity index (χ3n) is 3.59. The standard InChI is InChI=1S/C18H20ClN3O3S2/c1-18(2,3)17(23)21-9-8-14-6-7-16(26-14)27(24,25)22-15-10-13(19)5-4-12(15)11-20/h4-7,10,22H,8-9H2,1-3H3,(H,21,23). The van der Waals surface area contributed by atoms with Crippen LogP contribution >= 0.6 is 22.9 Å². The van der Waals surface area contributed by atoms with Gasteiger partial charge in [-0.25, -0.2) is 8.42 Å². The van der Waals surface area contributed by atoms with E-state index in [4.69, 9.17) is 16.9 Å². The second-order valence-electron chi connectivity index (χ2n) is 6.88. The molecular weight excluding hydrogens is 406 g/mol. The van der Waals surface area contributed by atoms with Crippen LogP contribution in [0.25, 0.3) is 0 Å². The number of rotatable bonds is 6. The van der Waals surface area contributed by atoms with Gasteiger partial charge in [0.1, 0.15) is 10.3 Å². The predicted molar refractivity (Wildman–Crippen MR) is 107 cm³/mol. The second kappa shape index (κ2) is 8.30. The van der Waals surface area contributed by atoms with Gasteiger partial charge in [0.25, 0.3) is 10.0 Å². The number of nitrogens with one attached hydrogen (secondary N) is 2. The molecule has 0 bridgehead atoms. The Balaban J connectivity index is 2.08. The molecule has 9 heteroatoms. The Bertz CT molecular complexity index is 986. The van der Waals surface area contributed by atoms with Crippen LogP contribution in [0.1, 0.15) is 31.2 Å². The van der Waals surface area contributed by atoms with Gasteiger partial charge >= 0.3 is 0 Å². The number of carbonyl (C=O) groups is 1. The molecule has 0 unspecified atom stereocenters. The van der Waals surface area contributed by atoms with Crippen molar-refractivity contribution in [2.24, 2.45) is 5.41 Å². The van der Waals surface area contributed by atoms with Crippen LogP contribution in [0.3, 0.4) is 0 Å². The number of anilines is 1. The largest absolute Gasteiger partial charge is 0.355 e.